The van der Waals surface area contributed by atoms with E-state index in [2.05, 4.69) is 41.5 Å². The van der Waals surface area contributed by atoms with E-state index in [0.717, 1.165) is 6.04 Å². The maximum absolute atomic E-state index is 3.46. The summed E-state index contributed by atoms with van der Waals surface area (Å²) in [4.78, 5) is 2.65. The third-order valence-corrected chi connectivity index (χ3v) is 4.71. The van der Waals surface area contributed by atoms with Gasteiger partial charge < -0.3 is 5.32 Å². The first-order valence-electron chi connectivity index (χ1n) is 7.37. The first-order valence-corrected chi connectivity index (χ1v) is 7.37. The Balaban J connectivity index is 1.80. The minimum absolute atomic E-state index is 0.651. The number of benzene rings is 1. The van der Waals surface area contributed by atoms with Gasteiger partial charge >= 0.3 is 0 Å². The van der Waals surface area contributed by atoms with Gasteiger partial charge in [-0.1, -0.05) is 24.3 Å². The van der Waals surface area contributed by atoms with Crippen molar-refractivity contribution in [2.75, 3.05) is 20.1 Å². The second-order valence-electron chi connectivity index (χ2n) is 5.75. The summed E-state index contributed by atoms with van der Waals surface area (Å²) in [5.74, 6) is 0. The van der Waals surface area contributed by atoms with Crippen molar-refractivity contribution >= 4 is 0 Å². The Morgan fingerprint density at radius 1 is 1.11 bits per heavy atom. The van der Waals surface area contributed by atoms with Gasteiger partial charge in [0.1, 0.15) is 0 Å². The monoisotopic (exact) mass is 244 g/mol. The Bertz CT molecular complexity index is 396. The lowest BCUT2D eigenvalue weighted by atomic mass is 9.86. The van der Waals surface area contributed by atoms with Gasteiger partial charge in [-0.2, -0.15) is 0 Å². The van der Waals surface area contributed by atoms with Gasteiger partial charge in [0.25, 0.3) is 0 Å². The molecule has 3 rings (SSSR count). The summed E-state index contributed by atoms with van der Waals surface area (Å²) in [5, 5.41) is 3.46. The highest BCUT2D eigenvalue weighted by Crippen LogP contribution is 2.35. The molecule has 0 amide bonds. The molecule has 1 unspecified atom stereocenters. The number of nitrogens with one attached hydrogen (secondary N) is 1. The first kappa shape index (κ1) is 12.2. The van der Waals surface area contributed by atoms with Crippen molar-refractivity contribution in [3.8, 4) is 0 Å². The molecule has 2 nitrogen and oxygen atoms in total. The number of aryl methyl sites for hydroxylation is 1. The molecule has 1 fully saturated rings. The van der Waals surface area contributed by atoms with Crippen LogP contribution in [-0.2, 0) is 6.42 Å². The second-order valence-corrected chi connectivity index (χ2v) is 5.75. The maximum atomic E-state index is 3.46. The first-order chi connectivity index (χ1) is 8.86. The van der Waals surface area contributed by atoms with E-state index < -0.39 is 0 Å². The zero-order valence-electron chi connectivity index (χ0n) is 11.4. The van der Waals surface area contributed by atoms with E-state index in [-0.39, 0.29) is 0 Å². The molecule has 0 saturated carbocycles. The molecule has 0 spiro atoms. The summed E-state index contributed by atoms with van der Waals surface area (Å²) >= 11 is 0. The molecule has 1 heterocycles. The molecule has 1 N–H and O–H groups in total. The summed E-state index contributed by atoms with van der Waals surface area (Å²) in [6, 6.07) is 10.5. The van der Waals surface area contributed by atoms with Crippen molar-refractivity contribution in [1.29, 1.82) is 0 Å². The van der Waals surface area contributed by atoms with Crippen molar-refractivity contribution in [2.24, 2.45) is 0 Å². The number of nitrogens with zero attached hydrogens (tertiary/aromatic N) is 1. The maximum Gasteiger partial charge on any atom is 0.0350 e. The number of rotatable bonds is 2. The number of fused-ring (bicyclic) bond motifs is 1. The van der Waals surface area contributed by atoms with Gasteiger partial charge in [-0.25, -0.2) is 0 Å². The Morgan fingerprint density at radius 2 is 1.89 bits per heavy atom. The van der Waals surface area contributed by atoms with E-state index in [0.29, 0.717) is 6.04 Å². The van der Waals surface area contributed by atoms with Gasteiger partial charge in [-0.3, -0.25) is 4.90 Å². The summed E-state index contributed by atoms with van der Waals surface area (Å²) < 4.78 is 0. The van der Waals surface area contributed by atoms with Gasteiger partial charge in [0.15, 0.2) is 0 Å². The molecule has 18 heavy (non-hydrogen) atoms. The van der Waals surface area contributed by atoms with Gasteiger partial charge in [0, 0.05) is 12.1 Å². The number of hydrogen-bond donors (Lipinski definition) is 1. The van der Waals surface area contributed by atoms with Crippen LogP contribution in [0.1, 0.15) is 42.9 Å². The fraction of sp³-hybridized carbons (Fsp3) is 0.625. The fourth-order valence-corrected chi connectivity index (χ4v) is 3.62. The zero-order valence-corrected chi connectivity index (χ0v) is 11.4. The lowest BCUT2D eigenvalue weighted by Gasteiger charge is -2.40. The highest BCUT2D eigenvalue weighted by molar-refractivity contribution is 5.32. The molecule has 1 saturated heterocycles. The molecule has 2 aliphatic rings. The molecular weight excluding hydrogens is 220 g/mol. The van der Waals surface area contributed by atoms with Gasteiger partial charge in [0.05, 0.1) is 0 Å². The predicted molar refractivity (Wildman–Crippen MR) is 75.8 cm³/mol. The van der Waals surface area contributed by atoms with E-state index in [1.54, 1.807) is 11.1 Å². The highest BCUT2D eigenvalue weighted by atomic mass is 15.2. The number of hydrogen-bond acceptors (Lipinski definition) is 2. The van der Waals surface area contributed by atoms with E-state index >= 15 is 0 Å². The SMILES string of the molecule is CN(C1CCNCC1)C1CCCc2ccccc21. The third-order valence-electron chi connectivity index (χ3n) is 4.71. The highest BCUT2D eigenvalue weighted by Gasteiger charge is 2.28. The van der Waals surface area contributed by atoms with Crippen molar-refractivity contribution < 1.29 is 0 Å². The van der Waals surface area contributed by atoms with Crippen molar-refractivity contribution in [2.45, 2.75) is 44.2 Å². The van der Waals surface area contributed by atoms with Crippen LogP contribution in [0, 0.1) is 0 Å². The predicted octanol–water partition coefficient (Wildman–Crippen LogP) is 2.75. The lowest BCUT2D eigenvalue weighted by Crippen LogP contribution is -2.43. The quantitative estimate of drug-likeness (QED) is 0.860. The molecule has 1 aliphatic heterocycles. The smallest absolute Gasteiger partial charge is 0.0350 e. The van der Waals surface area contributed by atoms with Crippen molar-refractivity contribution in [1.82, 2.24) is 10.2 Å². The Labute approximate surface area is 110 Å². The molecule has 0 aromatic heterocycles. The van der Waals surface area contributed by atoms with E-state index in [1.807, 2.05) is 0 Å². The van der Waals surface area contributed by atoms with Crippen molar-refractivity contribution in [3.63, 3.8) is 0 Å². The minimum Gasteiger partial charge on any atom is -0.317 e. The van der Waals surface area contributed by atoms with Crippen LogP contribution < -0.4 is 5.32 Å². The largest absolute Gasteiger partial charge is 0.317 e. The van der Waals surface area contributed by atoms with Crippen molar-refractivity contribution in [3.05, 3.63) is 35.4 Å². The van der Waals surface area contributed by atoms with E-state index in [4.69, 9.17) is 0 Å². The summed E-state index contributed by atoms with van der Waals surface area (Å²) in [6.07, 6.45) is 6.55. The van der Waals surface area contributed by atoms with Crippen LogP contribution in [0.3, 0.4) is 0 Å². The standard InChI is InChI=1S/C16H24N2/c1-18(14-9-11-17-12-10-14)16-8-4-6-13-5-2-3-7-15(13)16/h2-3,5,7,14,16-17H,4,6,8-12H2,1H3. The lowest BCUT2D eigenvalue weighted by molar-refractivity contribution is 0.130. The molecule has 1 atom stereocenters. The minimum atomic E-state index is 0.651. The van der Waals surface area contributed by atoms with Crippen LogP contribution in [-0.4, -0.2) is 31.1 Å². The molecule has 1 aromatic rings. The van der Waals surface area contributed by atoms with Crippen LogP contribution in [0.2, 0.25) is 0 Å². The summed E-state index contributed by atoms with van der Waals surface area (Å²) in [6.45, 7) is 2.37. The van der Waals surface area contributed by atoms with E-state index in [9.17, 15) is 0 Å². The Hall–Kier alpha value is -0.860. The third kappa shape index (κ3) is 2.32. The molecular formula is C16H24N2. The van der Waals surface area contributed by atoms with Crippen LogP contribution in [0.25, 0.3) is 0 Å². The molecule has 2 heteroatoms. The normalized spacial score (nSPS) is 25.1. The molecule has 1 aliphatic carbocycles. The molecule has 0 bridgehead atoms. The Morgan fingerprint density at radius 3 is 2.72 bits per heavy atom. The molecule has 98 valence electrons. The summed E-state index contributed by atoms with van der Waals surface area (Å²) in [5.41, 5.74) is 3.17. The van der Waals surface area contributed by atoms with Gasteiger partial charge in [-0.05, 0) is 63.4 Å². The average molecular weight is 244 g/mol. The van der Waals surface area contributed by atoms with Crippen LogP contribution in [0.15, 0.2) is 24.3 Å². The Kier molecular flexibility index (Phi) is 3.67. The summed E-state index contributed by atoms with van der Waals surface area (Å²) in [7, 11) is 2.34. The fourth-order valence-electron chi connectivity index (χ4n) is 3.62. The number of piperidine rings is 1. The second kappa shape index (κ2) is 5.41. The average Bonchev–Trinajstić information content (AvgIpc) is 2.47. The van der Waals surface area contributed by atoms with Crippen LogP contribution in [0.5, 0.6) is 0 Å². The molecule has 1 aromatic carbocycles. The van der Waals surface area contributed by atoms with Crippen LogP contribution in [0.4, 0.5) is 0 Å². The van der Waals surface area contributed by atoms with Gasteiger partial charge in [-0.15, -0.1) is 0 Å². The zero-order chi connectivity index (χ0) is 12.4. The molecule has 0 radical (unpaired) electrons. The van der Waals surface area contributed by atoms with Crippen LogP contribution >= 0.6 is 0 Å². The van der Waals surface area contributed by atoms with E-state index in [1.165, 1.54) is 45.2 Å². The van der Waals surface area contributed by atoms with Gasteiger partial charge in [0.2, 0.25) is 0 Å². The topological polar surface area (TPSA) is 15.3 Å².